The fourth-order valence-corrected chi connectivity index (χ4v) is 3.30. The van der Waals surface area contributed by atoms with Gasteiger partial charge in [-0.05, 0) is 42.7 Å². The lowest BCUT2D eigenvalue weighted by atomic mass is 10.0. The molecule has 4 nitrogen and oxygen atoms in total. The molecule has 3 rings (SSSR count). The van der Waals surface area contributed by atoms with Crippen LogP contribution in [0.2, 0.25) is 0 Å². The number of benzene rings is 2. The van der Waals surface area contributed by atoms with E-state index in [-0.39, 0.29) is 17.8 Å². The van der Waals surface area contributed by atoms with E-state index < -0.39 is 0 Å². The van der Waals surface area contributed by atoms with Gasteiger partial charge in [-0.1, -0.05) is 24.3 Å². The minimum atomic E-state index is -0.339. The highest BCUT2D eigenvalue weighted by Gasteiger charge is 2.29. The van der Waals surface area contributed by atoms with Gasteiger partial charge < -0.3 is 14.4 Å². The molecule has 0 saturated carbocycles. The number of carbonyl (C=O) groups excluding carboxylic acids is 1. The Balaban J connectivity index is 1.80. The molecule has 1 atom stereocenters. The van der Waals surface area contributed by atoms with Crippen LogP contribution in [0.4, 0.5) is 4.39 Å². The van der Waals surface area contributed by atoms with E-state index in [0.29, 0.717) is 23.6 Å². The van der Waals surface area contributed by atoms with Crippen LogP contribution in [0.5, 0.6) is 11.5 Å². The van der Waals surface area contributed by atoms with Crippen molar-refractivity contribution in [2.45, 2.75) is 18.9 Å². The highest BCUT2D eigenvalue weighted by molar-refractivity contribution is 5.92. The molecule has 1 saturated heterocycles. The maximum Gasteiger partial charge on any atom is 0.247 e. The van der Waals surface area contributed by atoms with Crippen LogP contribution < -0.4 is 9.47 Å². The molecule has 0 aliphatic carbocycles. The number of rotatable bonds is 5. The van der Waals surface area contributed by atoms with Crippen molar-refractivity contribution in [3.8, 4) is 11.5 Å². The lowest BCUT2D eigenvalue weighted by Gasteiger charge is -2.24. The molecule has 2 aromatic rings. The molecule has 5 heteroatoms. The third-order valence-electron chi connectivity index (χ3n) is 4.64. The first-order valence-electron chi connectivity index (χ1n) is 8.59. The Morgan fingerprint density at radius 2 is 1.92 bits per heavy atom. The standard InChI is InChI=1S/C21H22FNO3/c1-25-19-11-9-16(14-20(19)26-2)18-8-5-13-23(18)21(24)12-10-15-6-3-4-7-17(15)22/h3-4,6-7,9-12,14,18H,5,8,13H2,1-2H3/b12-10+. The molecule has 26 heavy (non-hydrogen) atoms. The topological polar surface area (TPSA) is 38.8 Å². The highest BCUT2D eigenvalue weighted by atomic mass is 19.1. The number of methoxy groups -OCH3 is 2. The van der Waals surface area contributed by atoms with Gasteiger partial charge in [0.15, 0.2) is 11.5 Å². The lowest BCUT2D eigenvalue weighted by Crippen LogP contribution is -2.28. The quantitative estimate of drug-likeness (QED) is 0.754. The van der Waals surface area contributed by atoms with Crippen molar-refractivity contribution >= 4 is 12.0 Å². The predicted molar refractivity (Wildman–Crippen MR) is 98.7 cm³/mol. The van der Waals surface area contributed by atoms with Crippen molar-refractivity contribution in [3.05, 3.63) is 65.5 Å². The van der Waals surface area contributed by atoms with Gasteiger partial charge in [-0.2, -0.15) is 0 Å². The van der Waals surface area contributed by atoms with Crippen LogP contribution in [0.1, 0.15) is 30.0 Å². The normalized spacial score (nSPS) is 16.9. The van der Waals surface area contributed by atoms with E-state index in [2.05, 4.69) is 0 Å². The van der Waals surface area contributed by atoms with E-state index in [1.807, 2.05) is 23.1 Å². The van der Waals surface area contributed by atoms with E-state index in [1.165, 1.54) is 18.2 Å². The Bertz CT molecular complexity index is 819. The second kappa shape index (κ2) is 8.04. The molecule has 1 fully saturated rings. The van der Waals surface area contributed by atoms with E-state index >= 15 is 0 Å². The summed E-state index contributed by atoms with van der Waals surface area (Å²) in [6, 6.07) is 12.1. The molecular weight excluding hydrogens is 333 g/mol. The van der Waals surface area contributed by atoms with Crippen LogP contribution in [-0.2, 0) is 4.79 Å². The summed E-state index contributed by atoms with van der Waals surface area (Å²) in [5.74, 6) is 0.845. The minimum Gasteiger partial charge on any atom is -0.493 e. The van der Waals surface area contributed by atoms with Gasteiger partial charge in [0.05, 0.1) is 20.3 Å². The van der Waals surface area contributed by atoms with E-state index in [0.717, 1.165) is 18.4 Å². The molecule has 1 heterocycles. The van der Waals surface area contributed by atoms with Crippen molar-refractivity contribution in [2.24, 2.45) is 0 Å². The third kappa shape index (κ3) is 3.72. The zero-order valence-corrected chi connectivity index (χ0v) is 14.9. The SMILES string of the molecule is COc1ccc(C2CCCN2C(=O)/C=C/c2ccccc2F)cc1OC. The molecule has 1 aliphatic rings. The number of carbonyl (C=O) groups is 1. The molecule has 136 valence electrons. The lowest BCUT2D eigenvalue weighted by molar-refractivity contribution is -0.126. The summed E-state index contributed by atoms with van der Waals surface area (Å²) < 4.78 is 24.4. The van der Waals surface area contributed by atoms with Crippen LogP contribution in [0.25, 0.3) is 6.08 Å². The average Bonchev–Trinajstić information content (AvgIpc) is 3.16. The zero-order chi connectivity index (χ0) is 18.5. The summed E-state index contributed by atoms with van der Waals surface area (Å²) >= 11 is 0. The van der Waals surface area contributed by atoms with Crippen molar-refractivity contribution < 1.29 is 18.7 Å². The van der Waals surface area contributed by atoms with Gasteiger partial charge in [0.2, 0.25) is 5.91 Å². The number of ether oxygens (including phenoxy) is 2. The monoisotopic (exact) mass is 355 g/mol. The first-order chi connectivity index (χ1) is 12.6. The van der Waals surface area contributed by atoms with Crippen LogP contribution in [0.15, 0.2) is 48.5 Å². The third-order valence-corrected chi connectivity index (χ3v) is 4.64. The zero-order valence-electron chi connectivity index (χ0n) is 14.9. The maximum absolute atomic E-state index is 13.7. The van der Waals surface area contributed by atoms with Gasteiger partial charge >= 0.3 is 0 Å². The number of nitrogens with zero attached hydrogens (tertiary/aromatic N) is 1. The maximum atomic E-state index is 13.7. The summed E-state index contributed by atoms with van der Waals surface area (Å²) in [7, 11) is 3.19. The summed E-state index contributed by atoms with van der Waals surface area (Å²) in [6.07, 6.45) is 4.78. The Hall–Kier alpha value is -2.82. The summed E-state index contributed by atoms with van der Waals surface area (Å²) in [6.45, 7) is 0.680. The number of halogens is 1. The smallest absolute Gasteiger partial charge is 0.247 e. The molecule has 1 amide bonds. The van der Waals surface area contributed by atoms with Gasteiger partial charge in [-0.25, -0.2) is 4.39 Å². The molecular formula is C21H22FNO3. The van der Waals surface area contributed by atoms with Crippen LogP contribution in [-0.4, -0.2) is 31.6 Å². The molecule has 0 spiro atoms. The van der Waals surface area contributed by atoms with Crippen LogP contribution in [0, 0.1) is 5.82 Å². The van der Waals surface area contributed by atoms with Gasteiger partial charge in [-0.15, -0.1) is 0 Å². The van der Waals surface area contributed by atoms with E-state index in [1.54, 1.807) is 32.4 Å². The Morgan fingerprint density at radius 3 is 2.65 bits per heavy atom. The molecule has 1 aliphatic heterocycles. The highest BCUT2D eigenvalue weighted by Crippen LogP contribution is 2.37. The largest absolute Gasteiger partial charge is 0.493 e. The Morgan fingerprint density at radius 1 is 1.15 bits per heavy atom. The first kappa shape index (κ1) is 18.0. The van der Waals surface area contributed by atoms with Crippen molar-refractivity contribution in [2.75, 3.05) is 20.8 Å². The van der Waals surface area contributed by atoms with Crippen molar-refractivity contribution in [3.63, 3.8) is 0 Å². The first-order valence-corrected chi connectivity index (χ1v) is 8.59. The Labute approximate surface area is 152 Å². The Kier molecular flexibility index (Phi) is 5.56. The van der Waals surface area contributed by atoms with Gasteiger partial charge in [0.1, 0.15) is 5.82 Å². The van der Waals surface area contributed by atoms with Crippen molar-refractivity contribution in [1.29, 1.82) is 0 Å². The second-order valence-corrected chi connectivity index (χ2v) is 6.16. The predicted octanol–water partition coefficient (Wildman–Crippen LogP) is 4.22. The molecule has 0 N–H and O–H groups in total. The van der Waals surface area contributed by atoms with Crippen LogP contribution in [0.3, 0.4) is 0 Å². The average molecular weight is 355 g/mol. The van der Waals surface area contributed by atoms with Gasteiger partial charge in [0.25, 0.3) is 0 Å². The summed E-state index contributed by atoms with van der Waals surface area (Å²) in [4.78, 5) is 14.5. The molecule has 1 unspecified atom stereocenters. The molecule has 0 bridgehead atoms. The molecule has 0 aromatic heterocycles. The van der Waals surface area contributed by atoms with E-state index in [9.17, 15) is 9.18 Å². The van der Waals surface area contributed by atoms with Crippen molar-refractivity contribution in [1.82, 2.24) is 4.90 Å². The minimum absolute atomic E-state index is 0.0208. The second-order valence-electron chi connectivity index (χ2n) is 6.16. The number of amides is 1. The fourth-order valence-electron chi connectivity index (χ4n) is 3.30. The van der Waals surface area contributed by atoms with Gasteiger partial charge in [0, 0.05) is 18.2 Å². The molecule has 0 radical (unpaired) electrons. The number of hydrogen-bond acceptors (Lipinski definition) is 3. The summed E-state index contributed by atoms with van der Waals surface area (Å²) in [5.41, 5.74) is 1.41. The fraction of sp³-hybridized carbons (Fsp3) is 0.286. The number of likely N-dealkylation sites (tertiary alicyclic amines) is 1. The van der Waals surface area contributed by atoms with Crippen LogP contribution >= 0.6 is 0 Å². The summed E-state index contributed by atoms with van der Waals surface area (Å²) in [5, 5.41) is 0. The van der Waals surface area contributed by atoms with Gasteiger partial charge in [-0.3, -0.25) is 4.79 Å². The number of hydrogen-bond donors (Lipinski definition) is 0. The van der Waals surface area contributed by atoms with E-state index in [4.69, 9.17) is 9.47 Å². The molecule has 2 aromatic carbocycles.